The van der Waals surface area contributed by atoms with E-state index in [9.17, 15) is 14.4 Å². The number of aryl methyl sites for hydroxylation is 1. The lowest BCUT2D eigenvalue weighted by atomic mass is 10.2. The van der Waals surface area contributed by atoms with E-state index in [-0.39, 0.29) is 19.1 Å². The number of carbonyl (C=O) groups is 3. The van der Waals surface area contributed by atoms with Gasteiger partial charge in [0.15, 0.2) is 6.61 Å². The number of nitrogens with one attached hydrogen (secondary N) is 1. The van der Waals surface area contributed by atoms with Crippen molar-refractivity contribution in [2.45, 2.75) is 33.3 Å². The Morgan fingerprint density at radius 3 is 2.41 bits per heavy atom. The van der Waals surface area contributed by atoms with Gasteiger partial charge in [-0.25, -0.2) is 4.79 Å². The molecule has 0 unspecified atom stereocenters. The Morgan fingerprint density at radius 2 is 1.76 bits per heavy atom. The molecule has 0 aliphatic heterocycles. The number of carbonyl (C=O) groups excluding carboxylic acids is 3. The largest absolute Gasteiger partial charge is 0.493 e. The predicted molar refractivity (Wildman–Crippen MR) is 108 cm³/mol. The van der Waals surface area contributed by atoms with Crippen molar-refractivity contribution in [1.82, 2.24) is 0 Å². The van der Waals surface area contributed by atoms with Crippen LogP contribution < -0.4 is 10.1 Å². The van der Waals surface area contributed by atoms with Crippen LogP contribution in [0.5, 0.6) is 5.75 Å². The monoisotopic (exact) mass is 399 g/mol. The van der Waals surface area contributed by atoms with E-state index in [4.69, 9.17) is 14.2 Å². The van der Waals surface area contributed by atoms with Crippen molar-refractivity contribution in [2.24, 2.45) is 0 Å². The summed E-state index contributed by atoms with van der Waals surface area (Å²) in [5, 5.41) is 2.59. The Balaban J connectivity index is 1.69. The average molecular weight is 399 g/mol. The Kier molecular flexibility index (Phi) is 8.21. The lowest BCUT2D eigenvalue weighted by molar-refractivity contribution is -0.147. The fraction of sp³-hybridized carbons (Fsp3) is 0.318. The Labute approximate surface area is 170 Å². The second-order valence-electron chi connectivity index (χ2n) is 6.66. The molecule has 0 bridgehead atoms. The van der Waals surface area contributed by atoms with Crippen LogP contribution in [-0.4, -0.2) is 37.2 Å². The van der Waals surface area contributed by atoms with Gasteiger partial charge in [0.1, 0.15) is 5.75 Å². The highest BCUT2D eigenvalue weighted by Crippen LogP contribution is 2.13. The first-order valence-electron chi connectivity index (χ1n) is 9.29. The van der Waals surface area contributed by atoms with E-state index in [2.05, 4.69) is 5.32 Å². The summed E-state index contributed by atoms with van der Waals surface area (Å²) in [6.07, 6.45) is -0.174. The minimum absolute atomic E-state index is 0.0356. The number of benzene rings is 2. The van der Waals surface area contributed by atoms with Crippen LogP contribution in [0.2, 0.25) is 0 Å². The van der Waals surface area contributed by atoms with Gasteiger partial charge in [0.05, 0.1) is 24.7 Å². The van der Waals surface area contributed by atoms with Crippen molar-refractivity contribution in [3.8, 4) is 5.75 Å². The number of hydrogen-bond acceptors (Lipinski definition) is 6. The quantitative estimate of drug-likeness (QED) is 0.649. The Bertz CT molecular complexity index is 845. The van der Waals surface area contributed by atoms with Crippen LogP contribution in [0.15, 0.2) is 48.5 Å². The van der Waals surface area contributed by atoms with E-state index >= 15 is 0 Å². The highest BCUT2D eigenvalue weighted by atomic mass is 16.5. The van der Waals surface area contributed by atoms with Crippen molar-refractivity contribution >= 4 is 23.5 Å². The van der Waals surface area contributed by atoms with E-state index in [1.165, 1.54) is 0 Å². The zero-order chi connectivity index (χ0) is 21.2. The van der Waals surface area contributed by atoms with Crippen LogP contribution in [0.3, 0.4) is 0 Å². The van der Waals surface area contributed by atoms with Gasteiger partial charge in [-0.2, -0.15) is 0 Å². The SMILES string of the molecule is Cc1cccc(OCCC(=O)OCC(=O)Nc2ccc(C(=O)OC(C)C)cc2)c1. The summed E-state index contributed by atoms with van der Waals surface area (Å²) >= 11 is 0. The second kappa shape index (κ2) is 10.8. The number of anilines is 1. The first-order valence-corrected chi connectivity index (χ1v) is 9.29. The molecule has 0 aromatic heterocycles. The molecule has 0 saturated carbocycles. The van der Waals surface area contributed by atoms with Crippen molar-refractivity contribution in [1.29, 1.82) is 0 Å². The summed E-state index contributed by atoms with van der Waals surface area (Å²) < 4.78 is 15.5. The van der Waals surface area contributed by atoms with E-state index < -0.39 is 24.5 Å². The molecule has 0 spiro atoms. The lowest BCUT2D eigenvalue weighted by Crippen LogP contribution is -2.21. The maximum atomic E-state index is 11.9. The van der Waals surface area contributed by atoms with Gasteiger partial charge in [0.25, 0.3) is 5.91 Å². The van der Waals surface area contributed by atoms with Crippen molar-refractivity contribution in [2.75, 3.05) is 18.5 Å². The summed E-state index contributed by atoms with van der Waals surface area (Å²) in [4.78, 5) is 35.4. The molecule has 0 aliphatic carbocycles. The van der Waals surface area contributed by atoms with Crippen LogP contribution in [0.1, 0.15) is 36.2 Å². The van der Waals surface area contributed by atoms with Crippen LogP contribution in [-0.2, 0) is 19.1 Å². The minimum atomic E-state index is -0.528. The fourth-order valence-electron chi connectivity index (χ4n) is 2.34. The van der Waals surface area contributed by atoms with Gasteiger partial charge >= 0.3 is 11.9 Å². The molecule has 1 amide bonds. The molecule has 0 saturated heterocycles. The third-order valence-electron chi connectivity index (χ3n) is 3.68. The Morgan fingerprint density at radius 1 is 1.03 bits per heavy atom. The number of esters is 2. The first kappa shape index (κ1) is 21.9. The third-order valence-corrected chi connectivity index (χ3v) is 3.68. The highest BCUT2D eigenvalue weighted by Gasteiger charge is 2.11. The van der Waals surface area contributed by atoms with Crippen LogP contribution in [0.4, 0.5) is 5.69 Å². The van der Waals surface area contributed by atoms with Crippen molar-refractivity contribution in [3.63, 3.8) is 0 Å². The van der Waals surface area contributed by atoms with Crippen molar-refractivity contribution in [3.05, 3.63) is 59.7 Å². The van der Waals surface area contributed by atoms with Gasteiger partial charge < -0.3 is 19.5 Å². The van der Waals surface area contributed by atoms with Crippen LogP contribution >= 0.6 is 0 Å². The maximum Gasteiger partial charge on any atom is 0.338 e. The minimum Gasteiger partial charge on any atom is -0.493 e. The summed E-state index contributed by atoms with van der Waals surface area (Å²) in [5.41, 5.74) is 1.93. The third kappa shape index (κ3) is 8.04. The average Bonchev–Trinajstić information content (AvgIpc) is 2.66. The van der Waals surface area contributed by atoms with Gasteiger partial charge in [0.2, 0.25) is 0 Å². The van der Waals surface area contributed by atoms with Gasteiger partial charge in [-0.3, -0.25) is 9.59 Å². The number of rotatable bonds is 9. The van der Waals surface area contributed by atoms with Crippen LogP contribution in [0.25, 0.3) is 0 Å². The normalized spacial score (nSPS) is 10.3. The molecule has 2 aromatic carbocycles. The van der Waals surface area contributed by atoms with Crippen LogP contribution in [0, 0.1) is 6.92 Å². The molecule has 2 rings (SSSR count). The van der Waals surface area contributed by atoms with Gasteiger partial charge in [-0.1, -0.05) is 12.1 Å². The number of ether oxygens (including phenoxy) is 3. The molecule has 0 fully saturated rings. The van der Waals surface area contributed by atoms with E-state index in [1.807, 2.05) is 25.1 Å². The number of amides is 1. The summed E-state index contributed by atoms with van der Waals surface area (Å²) in [5.74, 6) is -0.758. The molecular weight excluding hydrogens is 374 g/mol. The topological polar surface area (TPSA) is 90.9 Å². The van der Waals surface area contributed by atoms with E-state index in [1.54, 1.807) is 44.2 Å². The van der Waals surface area contributed by atoms with Gasteiger partial charge in [-0.05, 0) is 62.7 Å². The molecular formula is C22H25NO6. The Hall–Kier alpha value is -3.35. The lowest BCUT2D eigenvalue weighted by Gasteiger charge is -2.09. The van der Waals surface area contributed by atoms with Gasteiger partial charge in [0, 0.05) is 5.69 Å². The fourth-order valence-corrected chi connectivity index (χ4v) is 2.34. The highest BCUT2D eigenvalue weighted by molar-refractivity contribution is 5.94. The summed E-state index contributed by atoms with van der Waals surface area (Å²) in [6.45, 7) is 5.24. The molecule has 154 valence electrons. The molecule has 2 aromatic rings. The second-order valence-corrected chi connectivity index (χ2v) is 6.66. The molecule has 0 atom stereocenters. The zero-order valence-corrected chi connectivity index (χ0v) is 16.8. The molecule has 0 heterocycles. The summed E-state index contributed by atoms with van der Waals surface area (Å²) in [6, 6.07) is 13.7. The van der Waals surface area contributed by atoms with Gasteiger partial charge in [-0.15, -0.1) is 0 Å². The molecule has 0 aliphatic rings. The number of hydrogen-bond donors (Lipinski definition) is 1. The first-order chi connectivity index (χ1) is 13.8. The molecule has 7 nitrogen and oxygen atoms in total. The molecule has 29 heavy (non-hydrogen) atoms. The maximum absolute atomic E-state index is 11.9. The summed E-state index contributed by atoms with van der Waals surface area (Å²) in [7, 11) is 0. The molecule has 0 radical (unpaired) electrons. The predicted octanol–water partition coefficient (Wildman–Crippen LogP) is 3.51. The zero-order valence-electron chi connectivity index (χ0n) is 16.8. The van der Waals surface area contributed by atoms with E-state index in [0.717, 1.165) is 5.56 Å². The standard InChI is InChI=1S/C22H25NO6/c1-15(2)29-22(26)17-7-9-18(10-8-17)23-20(24)14-28-21(25)11-12-27-19-6-4-5-16(3)13-19/h4-10,13,15H,11-12,14H2,1-3H3,(H,23,24). The smallest absolute Gasteiger partial charge is 0.338 e. The molecule has 7 heteroatoms. The van der Waals surface area contributed by atoms with Crippen molar-refractivity contribution < 1.29 is 28.6 Å². The van der Waals surface area contributed by atoms with E-state index in [0.29, 0.717) is 17.0 Å². The molecule has 1 N–H and O–H groups in total.